The van der Waals surface area contributed by atoms with Crippen LogP contribution in [0.1, 0.15) is 111 Å². The number of aromatic nitrogens is 2. The maximum absolute atomic E-state index is 13.6. The minimum atomic E-state index is -2.20. The summed E-state index contributed by atoms with van der Waals surface area (Å²) >= 11 is 13.5. The topological polar surface area (TPSA) is 273 Å². The lowest BCUT2D eigenvalue weighted by atomic mass is 10.1. The van der Waals surface area contributed by atoms with Crippen molar-refractivity contribution >= 4 is 145 Å². The van der Waals surface area contributed by atoms with Crippen molar-refractivity contribution in [1.82, 2.24) is 9.55 Å². The number of nitrogen functional groups attached to an aromatic ring is 1. The smallest absolute Gasteiger partial charge is 0.308 e. The van der Waals surface area contributed by atoms with E-state index >= 15 is 0 Å². The van der Waals surface area contributed by atoms with Gasteiger partial charge in [0.25, 0.3) is 8.94 Å². The van der Waals surface area contributed by atoms with Gasteiger partial charge in [0, 0.05) is 117 Å². The number of halogens is 16. The molecule has 36 heteroatoms. The molecule has 2 aliphatic heterocycles. The molecule has 1 amide bonds. The summed E-state index contributed by atoms with van der Waals surface area (Å²) in [5.41, 5.74) is 10.8. The van der Waals surface area contributed by atoms with Crippen molar-refractivity contribution < 1.29 is 88.2 Å². The normalized spacial score (nSPS) is 15.3. The van der Waals surface area contributed by atoms with Crippen LogP contribution >= 0.6 is 88.2 Å². The van der Waals surface area contributed by atoms with Gasteiger partial charge in [0.1, 0.15) is 5.52 Å². The van der Waals surface area contributed by atoms with Crippen LogP contribution in [-0.4, -0.2) is 91.9 Å². The van der Waals surface area contributed by atoms with E-state index < -0.39 is 88.5 Å². The van der Waals surface area contributed by atoms with E-state index in [2.05, 4.69) is 82.8 Å². The van der Waals surface area contributed by atoms with Gasteiger partial charge in [-0.25, -0.2) is 48.9 Å². The Bertz CT molecular complexity index is 3600. The van der Waals surface area contributed by atoms with Crippen LogP contribution in [0.3, 0.4) is 0 Å². The minimum Gasteiger partial charge on any atom is -0.466 e. The predicted molar refractivity (Wildman–Crippen MR) is 363 cm³/mol. The van der Waals surface area contributed by atoms with Crippen molar-refractivity contribution in [2.45, 2.75) is 134 Å². The second kappa shape index (κ2) is 41.2. The Kier molecular flexibility index (Phi) is 35.6. The van der Waals surface area contributed by atoms with Crippen molar-refractivity contribution in [3.05, 3.63) is 155 Å². The number of alkyl halides is 1. The third-order valence-electron chi connectivity index (χ3n) is 12.8. The molecule has 6 aromatic rings. The van der Waals surface area contributed by atoms with Crippen LogP contribution in [0, 0.1) is 84.2 Å². The molecule has 5 saturated carbocycles. The van der Waals surface area contributed by atoms with Crippen molar-refractivity contribution in [3.8, 4) is 0 Å². The predicted octanol–water partition coefficient (Wildman–Crippen LogP) is 17.8. The zero-order chi connectivity index (χ0) is 72.3. The Hall–Kier alpha value is -5.30. The number of nitro groups is 2. The number of nitro benzene ring substituents is 2. The first-order valence-electron chi connectivity index (χ1n) is 29.5. The third kappa shape index (κ3) is 29.4. The van der Waals surface area contributed by atoms with E-state index in [1.807, 2.05) is 22.6 Å². The lowest BCUT2D eigenvalue weighted by Gasteiger charge is -2.17. The van der Waals surface area contributed by atoms with Gasteiger partial charge in [-0.15, -0.1) is 0 Å². The fourth-order valence-corrected chi connectivity index (χ4v) is 8.37. The number of carbonyl (C=O) groups is 2. The first kappa shape index (κ1) is 82.1. The Morgan fingerprint density at radius 2 is 1.14 bits per heavy atom. The van der Waals surface area contributed by atoms with E-state index in [9.17, 15) is 82.7 Å². The lowest BCUT2D eigenvalue weighted by molar-refractivity contribution is -0.387. The van der Waals surface area contributed by atoms with Crippen LogP contribution in [0.4, 0.5) is 82.4 Å². The summed E-state index contributed by atoms with van der Waals surface area (Å²) in [6.45, 7) is 7.58. The molecular weight excluding hydrogens is 1680 g/mol. The highest BCUT2D eigenvalue weighted by atomic mass is 127. The van der Waals surface area contributed by atoms with E-state index in [4.69, 9.17) is 22.7 Å². The maximum atomic E-state index is 13.6. The SMILES string of the molecule is C1CCOC1.CCO.CCOC(C)=O.Fc1ccc2nc(Br)n(C3CC3)c2c1F.NC1CC1.Nc1ccc(F)c(F)c1NC1CC1.O=C1Cc2ccc(F)c(F)c2N1C1CC1.O=P(Br)(Br)Br.O=[N+]([O-])c1ccc(F)c(F)c1F.O=[N+]([O-])c1ccc(F)c(F)c1NC1CC1.[2H]CI. The number of amides is 1. The van der Waals surface area contributed by atoms with Gasteiger partial charge in [-0.1, -0.05) is 28.7 Å². The zero-order valence-corrected chi connectivity index (χ0v) is 60.3. The Balaban J connectivity index is 0.000000287. The number of nitrogens with two attached hydrogens (primary N) is 2. The molecule has 0 unspecified atom stereocenters. The highest BCUT2D eigenvalue weighted by molar-refractivity contribution is 14.1. The molecule has 0 atom stereocenters. The number of aliphatic hydroxyl groups is 1. The molecule has 0 bridgehead atoms. The van der Waals surface area contributed by atoms with Gasteiger partial charge in [-0.2, -0.15) is 4.39 Å². The first-order valence-corrected chi connectivity index (χ1v) is 38.8. The number of imidazole rings is 1. The standard InChI is InChI=1S/C11H9F2NO.C10H7BrF2N2.C9H8F2N2O2.C9H10F2N2.C6H2F3NO2.C4H8O2.C4H8O.C3H7N.C2H6O.CH3I.Br3OP/c12-8-4-1-6-5-9(15)14(7-2-3-7)11(6)10(8)13;11-10-14-7-4-3-6(12)8(13)9(7)15(10)5-1-2-5;10-6-3-4-7(13(14)15)9(8(6)11)12-5-1-2-5;10-6-3-4-7(12)9(8(6)11)13-5-1-2-5;7-3-1-2-4(10(11)12)6(9)5(3)8;1-3-6-4(2)5;1-2-4-5-3-1;4-3-1-2-3;1-2-3;1-2;1-5(2,3)4/h1,4,7H,2-3,5H2;3-5H,1-2H2;3-5,12H,1-2H2;3-5,13H,1-2,12H2;1-2H;3H2,1-2H3;1-4H2;3H,1-2,4H2;3H,2H2,1H3;1H3;/i;;;;;;;;;1D;. The van der Waals surface area contributed by atoms with Crippen molar-refractivity contribution in [1.29, 1.82) is 0 Å². The number of hydrogen-bond acceptors (Lipinski definition) is 15. The number of aliphatic hydroxyl groups excluding tert-OH is 1. The van der Waals surface area contributed by atoms with Gasteiger partial charge >= 0.3 is 11.7 Å². The molecule has 13 rings (SSSR count). The molecule has 6 fully saturated rings. The Morgan fingerprint density at radius 3 is 1.56 bits per heavy atom. The second-order valence-electron chi connectivity index (χ2n) is 20.7. The van der Waals surface area contributed by atoms with E-state index in [0.29, 0.717) is 45.5 Å². The fraction of sp³-hybridized carbons (Fsp3) is 0.441. The van der Waals surface area contributed by atoms with Gasteiger partial charge in [0.05, 0.1) is 45.5 Å². The number of ether oxygens (including phenoxy) is 2. The van der Waals surface area contributed by atoms with Gasteiger partial charge in [0.2, 0.25) is 17.5 Å². The number of hydrogen-bond donors (Lipinski definition) is 5. The number of anilines is 4. The summed E-state index contributed by atoms with van der Waals surface area (Å²) in [7, 11) is 0. The van der Waals surface area contributed by atoms with Crippen LogP contribution in [0.5, 0.6) is 0 Å². The zero-order valence-electron chi connectivity index (χ0n) is 51.9. The summed E-state index contributed by atoms with van der Waals surface area (Å²) in [4.78, 5) is 46.1. The number of benzene rings is 5. The van der Waals surface area contributed by atoms with Crippen LogP contribution in [-0.2, 0) is 30.0 Å². The summed E-state index contributed by atoms with van der Waals surface area (Å²) in [5, 5.41) is 33.6. The first-order chi connectivity index (χ1) is 45.2. The molecule has 19 nitrogen and oxygen atoms in total. The van der Waals surface area contributed by atoms with Gasteiger partial charge in [-0.05, 0) is 160 Å². The van der Waals surface area contributed by atoms with Crippen LogP contribution < -0.4 is 27.0 Å². The van der Waals surface area contributed by atoms with E-state index in [0.717, 1.165) is 94.9 Å². The Morgan fingerprint density at radius 1 is 0.716 bits per heavy atom. The molecule has 0 radical (unpaired) electrons. The number of esters is 1. The number of fused-ring (bicyclic) bond motifs is 2. The van der Waals surface area contributed by atoms with Crippen LogP contribution in [0.2, 0.25) is 0 Å². The second-order valence-corrected chi connectivity index (χ2v) is 39.7. The lowest BCUT2D eigenvalue weighted by Crippen LogP contribution is -2.29. The van der Waals surface area contributed by atoms with Crippen molar-refractivity contribution in [2.24, 2.45) is 5.73 Å². The van der Waals surface area contributed by atoms with Crippen LogP contribution in [0.25, 0.3) is 11.0 Å². The fourth-order valence-electron chi connectivity index (χ4n) is 7.71. The van der Waals surface area contributed by atoms with E-state index in [1.54, 1.807) is 18.4 Å². The van der Waals surface area contributed by atoms with Gasteiger partial charge in [-0.3, -0.25) is 34.4 Å². The number of nitrogens with zero attached hydrogens (tertiary/aromatic N) is 5. The van der Waals surface area contributed by atoms with Gasteiger partial charge in [0.15, 0.2) is 62.8 Å². The number of nitrogens with one attached hydrogen (secondary N) is 2. The minimum absolute atomic E-state index is 0.0278. The monoisotopic (exact) mass is 1750 g/mol. The van der Waals surface area contributed by atoms with Gasteiger partial charge < -0.3 is 46.1 Å². The molecule has 5 aromatic carbocycles. The number of carbonyl (C=O) groups excluding carboxylic acids is 2. The van der Waals surface area contributed by atoms with E-state index in [1.165, 1.54) is 55.7 Å². The molecule has 526 valence electrons. The summed E-state index contributed by atoms with van der Waals surface area (Å²) in [6, 6.07) is 11.6. The van der Waals surface area contributed by atoms with E-state index in [-0.39, 0.29) is 77.3 Å². The molecule has 1 saturated heterocycles. The molecule has 0 spiro atoms. The largest absolute Gasteiger partial charge is 0.466 e. The highest BCUT2D eigenvalue weighted by Gasteiger charge is 2.41. The summed E-state index contributed by atoms with van der Waals surface area (Å²) in [5.74, 6) is -12.8. The molecule has 7 aliphatic rings. The third-order valence-corrected chi connectivity index (χ3v) is 13.3. The molecular formula is C59H68Br4F11IN9O10P. The maximum Gasteiger partial charge on any atom is 0.308 e. The average molecular weight is 1750 g/mol. The Labute approximate surface area is 586 Å². The summed E-state index contributed by atoms with van der Waals surface area (Å²) in [6.07, 6.45) is 12.7. The van der Waals surface area contributed by atoms with Crippen molar-refractivity contribution in [2.75, 3.05) is 52.6 Å². The molecule has 95 heavy (non-hydrogen) atoms. The molecule has 1 aromatic heterocycles. The quantitative estimate of drug-likeness (QED) is 0.0104. The summed E-state index contributed by atoms with van der Waals surface area (Å²) < 4.78 is 168. The average Bonchev–Trinajstić information content (AvgIpc) is 1.62. The number of rotatable bonds is 9. The van der Waals surface area contributed by atoms with Crippen LogP contribution in [0.15, 0.2) is 65.4 Å². The molecule has 7 N–H and O–H groups in total. The molecule has 5 aliphatic carbocycles. The highest BCUT2D eigenvalue weighted by Crippen LogP contribution is 2.68. The molecule has 3 heterocycles. The van der Waals surface area contributed by atoms with Crippen molar-refractivity contribution in [3.63, 3.8) is 0 Å².